The molecule has 23 heavy (non-hydrogen) atoms. The van der Waals surface area contributed by atoms with Crippen LogP contribution < -0.4 is 0 Å². The topological polar surface area (TPSA) is 0 Å². The Morgan fingerprint density at radius 3 is 1.26 bits per heavy atom. The van der Waals surface area contributed by atoms with Crippen LogP contribution in [0, 0.1) is 13.8 Å². The minimum Gasteiger partial charge on any atom is -0.0579 e. The first-order valence-electron chi connectivity index (χ1n) is 8.78. The molecule has 2 aromatic carbocycles. The molecule has 0 bridgehead atoms. The second-order valence-corrected chi connectivity index (χ2v) is 9.22. The second-order valence-electron chi connectivity index (χ2n) is 9.22. The second kappa shape index (κ2) is 4.97. The van der Waals surface area contributed by atoms with Crippen LogP contribution in [0.5, 0.6) is 0 Å². The molecule has 0 amide bonds. The van der Waals surface area contributed by atoms with Gasteiger partial charge in [0, 0.05) is 0 Å². The summed E-state index contributed by atoms with van der Waals surface area (Å²) in [6, 6.07) is 9.42. The molecular weight excluding hydrogens is 276 g/mol. The van der Waals surface area contributed by atoms with Gasteiger partial charge in [-0.2, -0.15) is 0 Å². The van der Waals surface area contributed by atoms with Gasteiger partial charge in [0.15, 0.2) is 0 Å². The molecule has 0 aromatic heterocycles. The van der Waals surface area contributed by atoms with Gasteiger partial charge in [0.05, 0.1) is 0 Å². The molecule has 122 valence electrons. The smallest absolute Gasteiger partial charge is 0.00132 e. The molecule has 0 saturated heterocycles. The third-order valence-corrected chi connectivity index (χ3v) is 5.35. The fraction of sp³-hybridized carbons (Fsp3) is 0.478. The molecule has 0 heterocycles. The van der Waals surface area contributed by atoms with E-state index in [1.54, 1.807) is 0 Å². The van der Waals surface area contributed by atoms with E-state index in [4.69, 9.17) is 0 Å². The van der Waals surface area contributed by atoms with E-state index in [2.05, 4.69) is 79.7 Å². The minimum absolute atomic E-state index is 0.192. The van der Waals surface area contributed by atoms with Crippen LogP contribution in [-0.4, -0.2) is 0 Å². The SMILES string of the molecule is Cc1c(C(C)(C)C)ccc2c1-c1c(ccc(C(C)(C)C)c1C)C2. The van der Waals surface area contributed by atoms with Gasteiger partial charge in [0.2, 0.25) is 0 Å². The molecule has 0 saturated carbocycles. The summed E-state index contributed by atoms with van der Waals surface area (Å²) in [4.78, 5) is 0. The maximum Gasteiger partial charge on any atom is -0.00132 e. The quantitative estimate of drug-likeness (QED) is 0.446. The average molecular weight is 306 g/mol. The molecule has 0 atom stereocenters. The first kappa shape index (κ1) is 16.3. The molecule has 0 nitrogen and oxygen atoms in total. The molecule has 2 aromatic rings. The molecule has 0 fully saturated rings. The normalized spacial score (nSPS) is 13.9. The van der Waals surface area contributed by atoms with Crippen molar-refractivity contribution in [1.82, 2.24) is 0 Å². The van der Waals surface area contributed by atoms with Crippen LogP contribution in [-0.2, 0) is 17.3 Å². The molecule has 0 heteroatoms. The molecule has 0 spiro atoms. The number of hydrogen-bond acceptors (Lipinski definition) is 0. The van der Waals surface area contributed by atoms with Crippen molar-refractivity contribution in [3.8, 4) is 11.1 Å². The number of hydrogen-bond donors (Lipinski definition) is 0. The van der Waals surface area contributed by atoms with Crippen LogP contribution in [0.4, 0.5) is 0 Å². The lowest BCUT2D eigenvalue weighted by atomic mass is 9.78. The summed E-state index contributed by atoms with van der Waals surface area (Å²) in [6.07, 6.45) is 1.08. The van der Waals surface area contributed by atoms with Crippen molar-refractivity contribution in [2.75, 3.05) is 0 Å². The van der Waals surface area contributed by atoms with Crippen LogP contribution in [0.25, 0.3) is 11.1 Å². The Balaban J connectivity index is 2.31. The summed E-state index contributed by atoms with van der Waals surface area (Å²) in [7, 11) is 0. The minimum atomic E-state index is 0.192. The van der Waals surface area contributed by atoms with E-state index >= 15 is 0 Å². The van der Waals surface area contributed by atoms with Crippen LogP contribution in [0.3, 0.4) is 0 Å². The van der Waals surface area contributed by atoms with Crippen LogP contribution >= 0.6 is 0 Å². The Morgan fingerprint density at radius 1 is 0.609 bits per heavy atom. The molecule has 0 aliphatic heterocycles. The maximum atomic E-state index is 2.36. The third kappa shape index (κ3) is 2.53. The Morgan fingerprint density at radius 2 is 0.957 bits per heavy atom. The lowest BCUT2D eigenvalue weighted by molar-refractivity contribution is 0.585. The Bertz CT molecular complexity index is 710. The van der Waals surface area contributed by atoms with Crippen molar-refractivity contribution in [1.29, 1.82) is 0 Å². The molecule has 0 unspecified atom stereocenters. The number of rotatable bonds is 0. The Labute approximate surface area is 141 Å². The van der Waals surface area contributed by atoms with E-state index in [1.165, 1.54) is 44.5 Å². The maximum absolute atomic E-state index is 2.36. The van der Waals surface area contributed by atoms with E-state index in [0.29, 0.717) is 0 Å². The molecule has 3 rings (SSSR count). The molecule has 1 aliphatic rings. The lowest BCUT2D eigenvalue weighted by Crippen LogP contribution is -2.15. The Hall–Kier alpha value is -1.56. The lowest BCUT2D eigenvalue weighted by Gasteiger charge is -2.26. The van der Waals surface area contributed by atoms with Crippen LogP contribution in [0.1, 0.15) is 74.9 Å². The van der Waals surface area contributed by atoms with E-state index in [-0.39, 0.29) is 10.8 Å². The van der Waals surface area contributed by atoms with Crippen molar-refractivity contribution >= 4 is 0 Å². The zero-order valence-corrected chi connectivity index (χ0v) is 16.0. The summed E-state index contributed by atoms with van der Waals surface area (Å²) >= 11 is 0. The first-order valence-corrected chi connectivity index (χ1v) is 8.78. The average Bonchev–Trinajstić information content (AvgIpc) is 2.76. The zero-order chi connectivity index (χ0) is 17.2. The van der Waals surface area contributed by atoms with Crippen LogP contribution in [0.15, 0.2) is 24.3 Å². The fourth-order valence-corrected chi connectivity index (χ4v) is 4.36. The van der Waals surface area contributed by atoms with Crippen molar-refractivity contribution in [2.24, 2.45) is 0 Å². The fourth-order valence-electron chi connectivity index (χ4n) is 4.36. The molecule has 1 aliphatic carbocycles. The Kier molecular flexibility index (Phi) is 3.52. The van der Waals surface area contributed by atoms with Crippen molar-refractivity contribution in [2.45, 2.75) is 72.6 Å². The van der Waals surface area contributed by atoms with E-state index < -0.39 is 0 Å². The highest BCUT2D eigenvalue weighted by molar-refractivity contribution is 5.83. The molecular formula is C23H30. The molecule has 0 N–H and O–H groups in total. The summed E-state index contributed by atoms with van der Waals surface area (Å²) in [5.74, 6) is 0. The highest BCUT2D eigenvalue weighted by Gasteiger charge is 2.29. The largest absolute Gasteiger partial charge is 0.0579 e. The summed E-state index contributed by atoms with van der Waals surface area (Å²) in [6.45, 7) is 18.5. The summed E-state index contributed by atoms with van der Waals surface area (Å²) < 4.78 is 0. The highest BCUT2D eigenvalue weighted by atomic mass is 14.3. The predicted octanol–water partition coefficient (Wildman–Crippen LogP) is 6.47. The van der Waals surface area contributed by atoms with Crippen molar-refractivity contribution in [3.05, 3.63) is 57.6 Å². The first-order chi connectivity index (χ1) is 10.5. The third-order valence-electron chi connectivity index (χ3n) is 5.35. The zero-order valence-electron chi connectivity index (χ0n) is 16.0. The van der Waals surface area contributed by atoms with Gasteiger partial charge in [-0.1, -0.05) is 65.8 Å². The monoisotopic (exact) mass is 306 g/mol. The number of fused-ring (bicyclic) bond motifs is 3. The van der Waals surface area contributed by atoms with Gasteiger partial charge in [-0.05, 0) is 75.6 Å². The van der Waals surface area contributed by atoms with Gasteiger partial charge in [0.1, 0.15) is 0 Å². The van der Waals surface area contributed by atoms with Gasteiger partial charge < -0.3 is 0 Å². The van der Waals surface area contributed by atoms with Gasteiger partial charge in [-0.25, -0.2) is 0 Å². The summed E-state index contributed by atoms with van der Waals surface area (Å²) in [5.41, 5.74) is 12.3. The van der Waals surface area contributed by atoms with Crippen molar-refractivity contribution in [3.63, 3.8) is 0 Å². The van der Waals surface area contributed by atoms with Gasteiger partial charge >= 0.3 is 0 Å². The van der Waals surface area contributed by atoms with Gasteiger partial charge in [0.25, 0.3) is 0 Å². The van der Waals surface area contributed by atoms with E-state index in [0.717, 1.165) is 6.42 Å². The van der Waals surface area contributed by atoms with E-state index in [9.17, 15) is 0 Å². The van der Waals surface area contributed by atoms with E-state index in [1.807, 2.05) is 0 Å². The number of benzene rings is 2. The van der Waals surface area contributed by atoms with Gasteiger partial charge in [-0.3, -0.25) is 0 Å². The predicted molar refractivity (Wildman–Crippen MR) is 102 cm³/mol. The van der Waals surface area contributed by atoms with Crippen molar-refractivity contribution < 1.29 is 0 Å². The van der Waals surface area contributed by atoms with Crippen LogP contribution in [0.2, 0.25) is 0 Å². The highest BCUT2D eigenvalue weighted by Crippen LogP contribution is 2.45. The van der Waals surface area contributed by atoms with Gasteiger partial charge in [-0.15, -0.1) is 0 Å². The summed E-state index contributed by atoms with van der Waals surface area (Å²) in [5, 5.41) is 0. The molecule has 0 radical (unpaired) electrons. The standard InChI is InChI=1S/C23H30/c1-14-18(22(3,4)5)11-9-16-13-17-10-12-19(23(6,7)8)15(2)21(17)20(14)16/h9-12H,13H2,1-8H3.